The molecule has 2 aliphatic rings. The number of carbonyl (C=O) groups is 1. The van der Waals surface area contributed by atoms with Crippen molar-refractivity contribution < 1.29 is 14.6 Å². The Balaban J connectivity index is 1.45. The molecule has 5 heteroatoms. The average molecular weight is 318 g/mol. The number of hydrogen-bond acceptors (Lipinski definition) is 4. The maximum absolute atomic E-state index is 12.1. The molecule has 1 aliphatic carbocycles. The molecule has 2 fully saturated rings. The van der Waals surface area contributed by atoms with E-state index in [1.807, 2.05) is 24.3 Å². The number of aliphatic hydroxyl groups is 1. The van der Waals surface area contributed by atoms with Gasteiger partial charge in [-0.1, -0.05) is 19.3 Å². The molecule has 1 aromatic carbocycles. The molecule has 3 rings (SSSR count). The van der Waals surface area contributed by atoms with E-state index < -0.39 is 6.10 Å². The van der Waals surface area contributed by atoms with E-state index in [9.17, 15) is 9.90 Å². The Labute approximate surface area is 137 Å². The summed E-state index contributed by atoms with van der Waals surface area (Å²) in [7, 11) is 0. The third-order valence-corrected chi connectivity index (χ3v) is 4.76. The highest BCUT2D eigenvalue weighted by atomic mass is 16.5. The SMILES string of the molecule is O=C(Nc1ccc(OCC2CCCCC2)cc1)C1CC(O)CN1. The molecule has 23 heavy (non-hydrogen) atoms. The minimum Gasteiger partial charge on any atom is -0.493 e. The zero-order valence-corrected chi connectivity index (χ0v) is 13.5. The van der Waals surface area contributed by atoms with E-state index >= 15 is 0 Å². The van der Waals surface area contributed by atoms with Gasteiger partial charge in [-0.15, -0.1) is 0 Å². The lowest BCUT2D eigenvalue weighted by Gasteiger charge is -2.21. The summed E-state index contributed by atoms with van der Waals surface area (Å²) in [5.41, 5.74) is 0.753. The van der Waals surface area contributed by atoms with Gasteiger partial charge < -0.3 is 20.5 Å². The molecule has 2 unspecified atom stereocenters. The topological polar surface area (TPSA) is 70.6 Å². The molecule has 1 saturated heterocycles. The van der Waals surface area contributed by atoms with Crippen LogP contribution < -0.4 is 15.4 Å². The van der Waals surface area contributed by atoms with Crippen molar-refractivity contribution in [3.05, 3.63) is 24.3 Å². The maximum atomic E-state index is 12.1. The maximum Gasteiger partial charge on any atom is 0.241 e. The van der Waals surface area contributed by atoms with Gasteiger partial charge in [0.05, 0.1) is 18.8 Å². The third-order valence-electron chi connectivity index (χ3n) is 4.76. The second-order valence-corrected chi connectivity index (χ2v) is 6.68. The van der Waals surface area contributed by atoms with E-state index in [4.69, 9.17) is 4.74 Å². The molecule has 3 N–H and O–H groups in total. The van der Waals surface area contributed by atoms with Crippen molar-refractivity contribution in [2.75, 3.05) is 18.5 Å². The molecule has 1 aromatic rings. The third kappa shape index (κ3) is 4.69. The number of carbonyl (C=O) groups excluding carboxylic acids is 1. The van der Waals surface area contributed by atoms with Crippen LogP contribution in [0.4, 0.5) is 5.69 Å². The Morgan fingerprint density at radius 3 is 2.61 bits per heavy atom. The van der Waals surface area contributed by atoms with Gasteiger partial charge >= 0.3 is 0 Å². The molecule has 0 spiro atoms. The second-order valence-electron chi connectivity index (χ2n) is 6.68. The standard InChI is InChI=1S/C18H26N2O3/c21-15-10-17(19-11-15)18(22)20-14-6-8-16(9-7-14)23-12-13-4-2-1-3-5-13/h6-9,13,15,17,19,21H,1-5,10-12H2,(H,20,22). The van der Waals surface area contributed by atoms with Crippen LogP contribution in [0.3, 0.4) is 0 Å². The molecule has 0 radical (unpaired) electrons. The van der Waals surface area contributed by atoms with Gasteiger partial charge in [-0.3, -0.25) is 4.79 Å². The van der Waals surface area contributed by atoms with Gasteiger partial charge in [0, 0.05) is 12.2 Å². The molecule has 0 aromatic heterocycles. The zero-order valence-electron chi connectivity index (χ0n) is 13.5. The number of ether oxygens (including phenoxy) is 1. The Morgan fingerprint density at radius 2 is 1.96 bits per heavy atom. The molecular weight excluding hydrogens is 292 g/mol. The van der Waals surface area contributed by atoms with Gasteiger partial charge in [-0.2, -0.15) is 0 Å². The largest absolute Gasteiger partial charge is 0.493 e. The van der Waals surface area contributed by atoms with E-state index in [1.54, 1.807) is 0 Å². The lowest BCUT2D eigenvalue weighted by molar-refractivity contribution is -0.117. The van der Waals surface area contributed by atoms with Crippen LogP contribution in [0.2, 0.25) is 0 Å². The highest BCUT2D eigenvalue weighted by Gasteiger charge is 2.27. The summed E-state index contributed by atoms with van der Waals surface area (Å²) < 4.78 is 5.86. The molecule has 126 valence electrons. The Hall–Kier alpha value is -1.59. The van der Waals surface area contributed by atoms with Crippen LogP contribution in [0, 0.1) is 5.92 Å². The summed E-state index contributed by atoms with van der Waals surface area (Å²) >= 11 is 0. The molecule has 2 atom stereocenters. The van der Waals surface area contributed by atoms with E-state index in [0.29, 0.717) is 18.9 Å². The smallest absolute Gasteiger partial charge is 0.241 e. The number of β-amino-alcohol motifs (C(OH)–C–C–N with tert-alkyl or cyclic N) is 1. The molecule has 1 heterocycles. The lowest BCUT2D eigenvalue weighted by Crippen LogP contribution is -2.35. The summed E-state index contributed by atoms with van der Waals surface area (Å²) in [6.45, 7) is 1.27. The summed E-state index contributed by atoms with van der Waals surface area (Å²) in [5, 5.41) is 15.3. The van der Waals surface area contributed by atoms with Gasteiger partial charge in [-0.25, -0.2) is 0 Å². The van der Waals surface area contributed by atoms with Crippen molar-refractivity contribution in [3.8, 4) is 5.75 Å². The van der Waals surface area contributed by atoms with E-state index in [-0.39, 0.29) is 11.9 Å². The van der Waals surface area contributed by atoms with Crippen LogP contribution in [-0.2, 0) is 4.79 Å². The van der Waals surface area contributed by atoms with Gasteiger partial charge in [0.25, 0.3) is 0 Å². The highest BCUT2D eigenvalue weighted by Crippen LogP contribution is 2.25. The van der Waals surface area contributed by atoms with Gasteiger partial charge in [0.1, 0.15) is 5.75 Å². The molecule has 1 aliphatic heterocycles. The van der Waals surface area contributed by atoms with Crippen molar-refractivity contribution in [3.63, 3.8) is 0 Å². The quantitative estimate of drug-likeness (QED) is 0.779. The van der Waals surface area contributed by atoms with Gasteiger partial charge in [0.2, 0.25) is 5.91 Å². The van der Waals surface area contributed by atoms with Crippen LogP contribution in [0.1, 0.15) is 38.5 Å². The van der Waals surface area contributed by atoms with Crippen molar-refractivity contribution in [1.29, 1.82) is 0 Å². The minimum absolute atomic E-state index is 0.0996. The molecular formula is C18H26N2O3. The lowest BCUT2D eigenvalue weighted by atomic mass is 9.90. The number of amides is 1. The first kappa shape index (κ1) is 16.3. The fraction of sp³-hybridized carbons (Fsp3) is 0.611. The fourth-order valence-corrected chi connectivity index (χ4v) is 3.35. The number of aliphatic hydroxyl groups excluding tert-OH is 1. The van der Waals surface area contributed by atoms with Crippen LogP contribution in [0.5, 0.6) is 5.75 Å². The molecule has 1 amide bonds. The van der Waals surface area contributed by atoms with Crippen LogP contribution >= 0.6 is 0 Å². The van der Waals surface area contributed by atoms with Gasteiger partial charge in [-0.05, 0) is 49.4 Å². The van der Waals surface area contributed by atoms with Crippen molar-refractivity contribution in [2.24, 2.45) is 5.92 Å². The average Bonchev–Trinajstić information content (AvgIpc) is 3.02. The monoisotopic (exact) mass is 318 g/mol. The number of nitrogens with one attached hydrogen (secondary N) is 2. The molecule has 5 nitrogen and oxygen atoms in total. The second kappa shape index (κ2) is 7.79. The fourth-order valence-electron chi connectivity index (χ4n) is 3.35. The summed E-state index contributed by atoms with van der Waals surface area (Å²) in [5.74, 6) is 1.43. The Bertz CT molecular complexity index is 512. The number of anilines is 1. The number of benzene rings is 1. The summed E-state index contributed by atoms with van der Waals surface area (Å²) in [6.07, 6.45) is 6.59. The first-order chi connectivity index (χ1) is 11.2. The minimum atomic E-state index is -0.429. The Morgan fingerprint density at radius 1 is 1.22 bits per heavy atom. The normalized spacial score (nSPS) is 25.3. The molecule has 0 bridgehead atoms. The zero-order chi connectivity index (χ0) is 16.1. The van der Waals surface area contributed by atoms with Gasteiger partial charge in [0.15, 0.2) is 0 Å². The first-order valence-electron chi connectivity index (χ1n) is 8.66. The first-order valence-corrected chi connectivity index (χ1v) is 8.66. The summed E-state index contributed by atoms with van der Waals surface area (Å²) in [4.78, 5) is 12.1. The van der Waals surface area contributed by atoms with E-state index in [1.165, 1.54) is 32.1 Å². The summed E-state index contributed by atoms with van der Waals surface area (Å²) in [6, 6.07) is 7.20. The number of hydrogen-bond donors (Lipinski definition) is 3. The number of rotatable bonds is 5. The highest BCUT2D eigenvalue weighted by molar-refractivity contribution is 5.95. The van der Waals surface area contributed by atoms with E-state index in [0.717, 1.165) is 18.0 Å². The van der Waals surface area contributed by atoms with E-state index in [2.05, 4.69) is 10.6 Å². The van der Waals surface area contributed by atoms with Crippen molar-refractivity contribution in [2.45, 2.75) is 50.7 Å². The predicted octanol–water partition coefficient (Wildman–Crippen LogP) is 2.31. The predicted molar refractivity (Wildman–Crippen MR) is 89.6 cm³/mol. The molecule has 1 saturated carbocycles. The van der Waals surface area contributed by atoms with Crippen molar-refractivity contribution >= 4 is 11.6 Å². The van der Waals surface area contributed by atoms with Crippen molar-refractivity contribution in [1.82, 2.24) is 5.32 Å². The Kier molecular flexibility index (Phi) is 5.51. The van der Waals surface area contributed by atoms with Crippen LogP contribution in [0.25, 0.3) is 0 Å². The van der Waals surface area contributed by atoms with Crippen LogP contribution in [-0.4, -0.2) is 36.3 Å². The van der Waals surface area contributed by atoms with Crippen LogP contribution in [0.15, 0.2) is 24.3 Å².